The van der Waals surface area contributed by atoms with Gasteiger partial charge in [-0.3, -0.25) is 24.0 Å². The van der Waals surface area contributed by atoms with Gasteiger partial charge in [-0.05, 0) is 13.8 Å². The Hall–Kier alpha value is -2.00. The molecule has 0 radical (unpaired) electrons. The summed E-state index contributed by atoms with van der Waals surface area (Å²) in [4.78, 5) is 33.9. The normalized spacial score (nSPS) is 11.0. The molecule has 0 atom stereocenters. The molecule has 9 nitrogen and oxygen atoms in total. The maximum atomic E-state index is 11.9. The van der Waals surface area contributed by atoms with E-state index in [1.807, 2.05) is 0 Å². The van der Waals surface area contributed by atoms with Gasteiger partial charge in [-0.25, -0.2) is 4.79 Å². The van der Waals surface area contributed by atoms with Crippen LogP contribution in [-0.4, -0.2) is 33.6 Å². The van der Waals surface area contributed by atoms with Gasteiger partial charge in [0.05, 0.1) is 11.1 Å². The summed E-state index contributed by atoms with van der Waals surface area (Å²) < 4.78 is 12.5. The molecule has 1 aromatic heterocycles. The first kappa shape index (κ1) is 17.1. The Morgan fingerprint density at radius 2 is 1.86 bits per heavy atom. The number of hydrogen-bond acceptors (Lipinski definition) is 6. The van der Waals surface area contributed by atoms with Gasteiger partial charge < -0.3 is 9.47 Å². The highest BCUT2D eigenvalue weighted by Gasteiger charge is 2.19. The maximum absolute atomic E-state index is 11.9. The van der Waals surface area contributed by atoms with E-state index in [0.29, 0.717) is 13.2 Å². The van der Waals surface area contributed by atoms with Gasteiger partial charge in [-0.15, -0.1) is 0 Å². The van der Waals surface area contributed by atoms with Gasteiger partial charge in [0.15, 0.2) is 6.29 Å². The molecule has 21 heavy (non-hydrogen) atoms. The molecule has 0 aliphatic heterocycles. The van der Waals surface area contributed by atoms with Crippen molar-refractivity contribution < 1.29 is 14.4 Å². The zero-order valence-corrected chi connectivity index (χ0v) is 12.3. The minimum atomic E-state index is -0.921. The molecule has 1 heterocycles. The summed E-state index contributed by atoms with van der Waals surface area (Å²) in [6.07, 6.45) is 0.609. The average molecular weight is 301 g/mol. The predicted molar refractivity (Wildman–Crippen MR) is 74.3 cm³/mol. The molecule has 1 aromatic rings. The molecule has 0 saturated carbocycles. The molecule has 1 rings (SSSR count). The van der Waals surface area contributed by atoms with Crippen molar-refractivity contribution in [3.8, 4) is 0 Å². The summed E-state index contributed by atoms with van der Waals surface area (Å²) in [6.45, 7) is 4.42. The Balaban J connectivity index is 3.05. The zero-order valence-electron chi connectivity index (χ0n) is 12.3. The number of rotatable bonds is 8. The highest BCUT2D eigenvalue weighted by atomic mass is 16.7. The molecule has 0 saturated heterocycles. The Morgan fingerprint density at radius 3 is 2.33 bits per heavy atom. The lowest BCUT2D eigenvalue weighted by atomic mass is 10.4. The van der Waals surface area contributed by atoms with E-state index in [1.54, 1.807) is 13.8 Å². The van der Waals surface area contributed by atoms with Crippen LogP contribution in [0.3, 0.4) is 0 Å². The number of hydrogen-bond donors (Lipinski definition) is 0. The van der Waals surface area contributed by atoms with Crippen molar-refractivity contribution in [1.29, 1.82) is 0 Å². The number of ether oxygens (including phenoxy) is 2. The monoisotopic (exact) mass is 301 g/mol. The van der Waals surface area contributed by atoms with E-state index < -0.39 is 28.1 Å². The minimum Gasteiger partial charge on any atom is -0.353 e. The van der Waals surface area contributed by atoms with Crippen molar-refractivity contribution >= 4 is 5.69 Å². The highest BCUT2D eigenvalue weighted by Crippen LogP contribution is 2.04. The van der Waals surface area contributed by atoms with Crippen LogP contribution in [0, 0.1) is 10.1 Å². The Morgan fingerprint density at radius 1 is 1.29 bits per heavy atom. The van der Waals surface area contributed by atoms with Crippen LogP contribution in [-0.2, 0) is 23.1 Å². The van der Waals surface area contributed by atoms with E-state index in [2.05, 4.69) is 0 Å². The summed E-state index contributed by atoms with van der Waals surface area (Å²) >= 11 is 0. The Kier molecular flexibility index (Phi) is 6.25. The molecule has 0 fully saturated rings. The van der Waals surface area contributed by atoms with Crippen molar-refractivity contribution in [3.63, 3.8) is 0 Å². The van der Waals surface area contributed by atoms with Crippen LogP contribution >= 0.6 is 0 Å². The molecule has 0 spiro atoms. The van der Waals surface area contributed by atoms with Crippen LogP contribution in [0.4, 0.5) is 5.69 Å². The summed E-state index contributed by atoms with van der Waals surface area (Å²) in [5, 5.41) is 10.8. The van der Waals surface area contributed by atoms with Gasteiger partial charge in [0.1, 0.15) is 0 Å². The molecule has 0 aliphatic rings. The van der Waals surface area contributed by atoms with Crippen LogP contribution in [0.5, 0.6) is 0 Å². The fourth-order valence-corrected chi connectivity index (χ4v) is 1.85. The molecule has 0 amide bonds. The van der Waals surface area contributed by atoms with Gasteiger partial charge in [0.25, 0.3) is 0 Å². The smallest absolute Gasteiger partial charge is 0.350 e. The van der Waals surface area contributed by atoms with Crippen LogP contribution < -0.4 is 11.2 Å². The molecule has 0 aromatic carbocycles. The van der Waals surface area contributed by atoms with Crippen molar-refractivity contribution in [2.75, 3.05) is 13.2 Å². The van der Waals surface area contributed by atoms with Crippen molar-refractivity contribution in [3.05, 3.63) is 37.1 Å². The lowest BCUT2D eigenvalue weighted by molar-refractivity contribution is -0.387. The van der Waals surface area contributed by atoms with E-state index in [0.717, 1.165) is 15.3 Å². The number of nitro groups is 1. The topological polar surface area (TPSA) is 106 Å². The summed E-state index contributed by atoms with van der Waals surface area (Å²) in [5.74, 6) is 0. The van der Waals surface area contributed by atoms with Gasteiger partial charge in [0.2, 0.25) is 0 Å². The molecular formula is C12H19N3O6. The van der Waals surface area contributed by atoms with E-state index in [4.69, 9.17) is 9.47 Å². The molecule has 0 aliphatic carbocycles. The molecule has 9 heteroatoms. The summed E-state index contributed by atoms with van der Waals surface area (Å²) in [5.41, 5.74) is -2.17. The van der Waals surface area contributed by atoms with Gasteiger partial charge in [-0.2, -0.15) is 0 Å². The summed E-state index contributed by atoms with van der Waals surface area (Å²) in [7, 11) is 1.36. The van der Waals surface area contributed by atoms with E-state index in [-0.39, 0.29) is 13.0 Å². The molecule has 118 valence electrons. The second kappa shape index (κ2) is 7.70. The largest absolute Gasteiger partial charge is 0.353 e. The van der Waals surface area contributed by atoms with Crippen LogP contribution in [0.25, 0.3) is 0 Å². The van der Waals surface area contributed by atoms with E-state index in [9.17, 15) is 19.7 Å². The number of aryl methyl sites for hydroxylation is 1. The standard InChI is InChI=1S/C12H19N3O6/c1-4-20-10(21-5-2)6-7-14-11(16)9(15(18)19)8-13(3)12(14)17/h8,10H,4-7H2,1-3H3. The van der Waals surface area contributed by atoms with Crippen LogP contribution in [0.15, 0.2) is 15.8 Å². The molecule has 0 N–H and O–H groups in total. The first-order valence-electron chi connectivity index (χ1n) is 6.60. The Labute approximate surface area is 120 Å². The first-order chi connectivity index (χ1) is 9.92. The lowest BCUT2D eigenvalue weighted by Crippen LogP contribution is -2.40. The van der Waals surface area contributed by atoms with Crippen molar-refractivity contribution in [1.82, 2.24) is 9.13 Å². The highest BCUT2D eigenvalue weighted by molar-refractivity contribution is 5.21. The number of aromatic nitrogens is 2. The third-order valence-corrected chi connectivity index (χ3v) is 2.80. The SMILES string of the molecule is CCOC(CCn1c(=O)c([N+](=O)[O-])cn(C)c1=O)OCC. The fraction of sp³-hybridized carbons (Fsp3) is 0.667. The minimum absolute atomic E-state index is 0.0160. The second-order valence-corrected chi connectivity index (χ2v) is 4.25. The van der Waals surface area contributed by atoms with Crippen LogP contribution in [0.1, 0.15) is 20.3 Å². The maximum Gasteiger partial charge on any atom is 0.350 e. The average Bonchev–Trinajstić information content (AvgIpc) is 2.42. The first-order valence-corrected chi connectivity index (χ1v) is 6.60. The molecular weight excluding hydrogens is 282 g/mol. The van der Waals surface area contributed by atoms with Crippen molar-refractivity contribution in [2.45, 2.75) is 33.1 Å². The molecule has 0 bridgehead atoms. The van der Waals surface area contributed by atoms with Crippen LogP contribution in [0.2, 0.25) is 0 Å². The van der Waals surface area contributed by atoms with E-state index in [1.165, 1.54) is 7.05 Å². The van der Waals surface area contributed by atoms with Gasteiger partial charge in [0, 0.05) is 33.2 Å². The molecule has 0 unspecified atom stereocenters. The lowest BCUT2D eigenvalue weighted by Gasteiger charge is -2.17. The van der Waals surface area contributed by atoms with Gasteiger partial charge in [-0.1, -0.05) is 0 Å². The second-order valence-electron chi connectivity index (χ2n) is 4.25. The van der Waals surface area contributed by atoms with Crippen molar-refractivity contribution in [2.24, 2.45) is 7.05 Å². The summed E-state index contributed by atoms with van der Waals surface area (Å²) in [6, 6.07) is 0. The number of nitrogens with zero attached hydrogens (tertiary/aromatic N) is 3. The quantitative estimate of drug-likeness (QED) is 0.387. The zero-order chi connectivity index (χ0) is 16.0. The Bertz CT molecular complexity index is 600. The fourth-order valence-electron chi connectivity index (χ4n) is 1.85. The third kappa shape index (κ3) is 4.23. The third-order valence-electron chi connectivity index (χ3n) is 2.80. The van der Waals surface area contributed by atoms with Gasteiger partial charge >= 0.3 is 16.9 Å². The predicted octanol–water partition coefficient (Wildman–Crippen LogP) is 0.244. The van der Waals surface area contributed by atoms with E-state index >= 15 is 0 Å².